The fourth-order valence-electron chi connectivity index (χ4n) is 4.41. The van der Waals surface area contributed by atoms with E-state index in [1.54, 1.807) is 41.3 Å². The van der Waals surface area contributed by atoms with Gasteiger partial charge in [-0.05, 0) is 57.9 Å². The Hall–Kier alpha value is -4.78. The average molecular weight is 625 g/mol. The summed E-state index contributed by atoms with van der Waals surface area (Å²) in [6.45, 7) is 7.92. The molecule has 1 saturated heterocycles. The Morgan fingerprint density at radius 3 is 2.34 bits per heavy atom. The lowest BCUT2D eigenvalue weighted by atomic mass is 10.1. The van der Waals surface area contributed by atoms with E-state index < -0.39 is 5.60 Å². The highest BCUT2D eigenvalue weighted by molar-refractivity contribution is 6.33. The number of hydrogen-bond donors (Lipinski definition) is 5. The van der Waals surface area contributed by atoms with Crippen LogP contribution in [0.2, 0.25) is 5.02 Å². The molecule has 0 unspecified atom stereocenters. The maximum atomic E-state index is 12.7. The number of methoxy groups -OCH3 is 1. The quantitative estimate of drug-likeness (QED) is 0.199. The number of urea groups is 1. The van der Waals surface area contributed by atoms with E-state index in [2.05, 4.69) is 36.6 Å². The summed E-state index contributed by atoms with van der Waals surface area (Å²) in [4.78, 5) is 47.0. The molecule has 1 aliphatic heterocycles. The number of para-hydroxylation sites is 2. The van der Waals surface area contributed by atoms with E-state index in [0.717, 1.165) is 0 Å². The highest BCUT2D eigenvalue weighted by Crippen LogP contribution is 2.32. The summed E-state index contributed by atoms with van der Waals surface area (Å²) in [5.74, 6) is 0.798. The molecule has 3 aromatic rings. The summed E-state index contributed by atoms with van der Waals surface area (Å²) >= 11 is 6.35. The van der Waals surface area contributed by atoms with Gasteiger partial charge in [0.2, 0.25) is 11.9 Å². The van der Waals surface area contributed by atoms with Gasteiger partial charge in [0, 0.05) is 37.8 Å². The lowest BCUT2D eigenvalue weighted by Crippen LogP contribution is -2.48. The number of halogens is 1. The van der Waals surface area contributed by atoms with Gasteiger partial charge in [-0.1, -0.05) is 23.7 Å². The molecule has 0 radical (unpaired) electrons. The topological polar surface area (TPSA) is 159 Å². The van der Waals surface area contributed by atoms with Crippen molar-refractivity contribution in [2.75, 3.05) is 41.5 Å². The highest BCUT2D eigenvalue weighted by atomic mass is 35.5. The smallest absolute Gasteiger partial charge is 0.410 e. The van der Waals surface area contributed by atoms with Crippen LogP contribution in [0, 0.1) is 0 Å². The summed E-state index contributed by atoms with van der Waals surface area (Å²) in [6.07, 6.45) is 2.35. The summed E-state index contributed by atoms with van der Waals surface area (Å²) in [6, 6.07) is 11.8. The molecule has 0 bridgehead atoms. The van der Waals surface area contributed by atoms with Crippen molar-refractivity contribution in [1.82, 2.24) is 20.2 Å². The minimum atomic E-state index is -0.553. The fraction of sp³-hybridized carbons (Fsp3) is 0.367. The van der Waals surface area contributed by atoms with E-state index in [4.69, 9.17) is 21.1 Å². The van der Waals surface area contributed by atoms with Gasteiger partial charge < -0.3 is 41.0 Å². The van der Waals surface area contributed by atoms with Gasteiger partial charge in [-0.2, -0.15) is 4.98 Å². The molecule has 14 heteroatoms. The normalized spacial score (nSPS) is 13.5. The number of nitrogens with zero attached hydrogens (tertiary/aromatic N) is 3. The van der Waals surface area contributed by atoms with Gasteiger partial charge in [-0.15, -0.1) is 0 Å². The van der Waals surface area contributed by atoms with Crippen LogP contribution in [0.3, 0.4) is 0 Å². The van der Waals surface area contributed by atoms with Crippen molar-refractivity contribution in [2.24, 2.45) is 0 Å². The number of nitrogens with one attached hydrogen (secondary N) is 5. The van der Waals surface area contributed by atoms with E-state index in [1.165, 1.54) is 20.2 Å². The number of likely N-dealkylation sites (tertiary alicyclic amines) is 1. The second-order valence-corrected chi connectivity index (χ2v) is 11.5. The maximum absolute atomic E-state index is 12.7. The molecule has 1 aromatic heterocycles. The average Bonchev–Trinajstić information content (AvgIpc) is 2.95. The third kappa shape index (κ3) is 9.11. The van der Waals surface area contributed by atoms with E-state index in [9.17, 15) is 14.4 Å². The van der Waals surface area contributed by atoms with Gasteiger partial charge in [0.15, 0.2) is 5.82 Å². The molecule has 0 saturated carbocycles. The molecule has 1 aliphatic rings. The third-order valence-electron chi connectivity index (χ3n) is 6.42. The molecule has 44 heavy (non-hydrogen) atoms. The maximum Gasteiger partial charge on any atom is 0.410 e. The predicted octanol–water partition coefficient (Wildman–Crippen LogP) is 6.11. The molecule has 2 heterocycles. The van der Waals surface area contributed by atoms with Crippen LogP contribution in [0.5, 0.6) is 5.75 Å². The first-order valence-corrected chi connectivity index (χ1v) is 14.4. The Bertz CT molecular complexity index is 1500. The number of rotatable bonds is 8. The number of aromatic nitrogens is 2. The molecule has 1 fully saturated rings. The molecule has 0 spiro atoms. The van der Waals surface area contributed by atoms with Gasteiger partial charge in [-0.25, -0.2) is 14.6 Å². The van der Waals surface area contributed by atoms with Crippen LogP contribution in [0.1, 0.15) is 40.5 Å². The Morgan fingerprint density at radius 2 is 1.68 bits per heavy atom. The zero-order valence-electron chi connectivity index (χ0n) is 25.3. The first-order chi connectivity index (χ1) is 20.9. The zero-order chi connectivity index (χ0) is 31.9. The molecule has 234 valence electrons. The Kier molecular flexibility index (Phi) is 10.3. The lowest BCUT2D eigenvalue weighted by Gasteiger charge is -2.33. The van der Waals surface area contributed by atoms with Crippen LogP contribution in [-0.2, 0) is 9.53 Å². The number of carbonyl (C=O) groups excluding carboxylic acids is 3. The molecule has 2 aromatic carbocycles. The molecule has 13 nitrogen and oxygen atoms in total. The third-order valence-corrected chi connectivity index (χ3v) is 6.70. The van der Waals surface area contributed by atoms with E-state index >= 15 is 0 Å². The van der Waals surface area contributed by atoms with Crippen molar-refractivity contribution in [3.63, 3.8) is 0 Å². The van der Waals surface area contributed by atoms with Gasteiger partial charge in [0.25, 0.3) is 0 Å². The van der Waals surface area contributed by atoms with Gasteiger partial charge in [0.05, 0.1) is 30.4 Å². The Balaban J connectivity index is 1.36. The first-order valence-electron chi connectivity index (χ1n) is 14.1. The molecule has 4 amide bonds. The zero-order valence-corrected chi connectivity index (χ0v) is 26.0. The number of carbonyl (C=O) groups is 3. The summed E-state index contributed by atoms with van der Waals surface area (Å²) < 4.78 is 11.0. The number of ether oxygens (including phenoxy) is 2. The van der Waals surface area contributed by atoms with Crippen molar-refractivity contribution in [3.8, 4) is 5.75 Å². The van der Waals surface area contributed by atoms with Crippen LogP contribution >= 0.6 is 11.6 Å². The van der Waals surface area contributed by atoms with Gasteiger partial charge in [-0.3, -0.25) is 4.79 Å². The van der Waals surface area contributed by atoms with Gasteiger partial charge >= 0.3 is 12.1 Å². The van der Waals surface area contributed by atoms with Crippen molar-refractivity contribution in [3.05, 3.63) is 53.7 Å². The van der Waals surface area contributed by atoms with Crippen molar-refractivity contribution < 1.29 is 23.9 Å². The second-order valence-electron chi connectivity index (χ2n) is 11.1. The Labute approximate surface area is 261 Å². The van der Waals surface area contributed by atoms with Gasteiger partial charge in [0.1, 0.15) is 16.4 Å². The molecular weight excluding hydrogens is 588 g/mol. The number of hydrogen-bond acceptors (Lipinski definition) is 9. The second kappa shape index (κ2) is 14.1. The minimum Gasteiger partial charge on any atom is -0.494 e. The monoisotopic (exact) mass is 624 g/mol. The van der Waals surface area contributed by atoms with Crippen LogP contribution in [0.15, 0.2) is 48.7 Å². The van der Waals surface area contributed by atoms with Crippen LogP contribution in [-0.4, -0.2) is 64.7 Å². The van der Waals surface area contributed by atoms with Crippen molar-refractivity contribution in [2.45, 2.75) is 52.2 Å². The van der Waals surface area contributed by atoms with E-state index in [0.29, 0.717) is 60.2 Å². The first kappa shape index (κ1) is 32.1. The molecule has 5 N–H and O–H groups in total. The van der Waals surface area contributed by atoms with Crippen molar-refractivity contribution >= 4 is 64.1 Å². The minimum absolute atomic E-state index is 0.0772. The van der Waals surface area contributed by atoms with Crippen LogP contribution in [0.4, 0.5) is 44.1 Å². The molecule has 4 rings (SSSR count). The molecule has 0 aliphatic carbocycles. The standard InChI is InChI=1S/C30H37ClN8O5/c1-18(40)33-22-8-6-7-9-23(22)36-26-21(31)17-32-27(38-26)37-24-11-10-20(16-25(24)43-5)35-28(41)34-19-12-14-39(15-13-19)29(42)44-30(2,3)4/h6-11,16-17,19H,12-15H2,1-5H3,(H,33,40)(H2,34,35,41)(H2,32,36,37,38). The summed E-state index contributed by atoms with van der Waals surface area (Å²) in [7, 11) is 1.51. The SMILES string of the molecule is COc1cc(NC(=O)NC2CCN(C(=O)OC(C)(C)C)CC2)ccc1Nc1ncc(Cl)c(Nc2ccccc2NC(C)=O)n1. The number of anilines is 6. The van der Waals surface area contributed by atoms with Crippen molar-refractivity contribution in [1.29, 1.82) is 0 Å². The summed E-state index contributed by atoms with van der Waals surface area (Å²) in [5, 5.41) is 15.1. The van der Waals surface area contributed by atoms with Crippen LogP contribution in [0.25, 0.3) is 0 Å². The molecular formula is C30H37ClN8O5. The summed E-state index contributed by atoms with van der Waals surface area (Å²) in [5.41, 5.74) is 1.70. The highest BCUT2D eigenvalue weighted by Gasteiger charge is 2.27. The molecule has 0 atom stereocenters. The number of amides is 4. The number of piperidine rings is 1. The van der Waals surface area contributed by atoms with E-state index in [-0.39, 0.29) is 35.0 Å². The fourth-order valence-corrected chi connectivity index (χ4v) is 4.55. The van der Waals surface area contributed by atoms with Crippen LogP contribution < -0.4 is 31.3 Å². The largest absolute Gasteiger partial charge is 0.494 e. The predicted molar refractivity (Wildman–Crippen MR) is 170 cm³/mol. The lowest BCUT2D eigenvalue weighted by molar-refractivity contribution is -0.114. The number of benzene rings is 2. The van der Waals surface area contributed by atoms with E-state index in [1.807, 2.05) is 26.8 Å². The Morgan fingerprint density at radius 1 is 0.977 bits per heavy atom.